The van der Waals surface area contributed by atoms with Crippen LogP contribution in [0.5, 0.6) is 0 Å². The molecule has 0 aromatic carbocycles. The Kier molecular flexibility index (Phi) is 3.35. The third kappa shape index (κ3) is 2.69. The van der Waals surface area contributed by atoms with Crippen LogP contribution in [-0.4, -0.2) is 44.1 Å². The largest absolute Gasteiger partial charge is 0.368 e. The number of nitrogens with one attached hydrogen (secondary N) is 1. The average Bonchev–Trinajstić information content (AvgIpc) is 3.00. The topological polar surface area (TPSA) is 59.0 Å². The maximum atomic E-state index is 5.80. The van der Waals surface area contributed by atoms with Crippen LogP contribution in [0, 0.1) is 6.92 Å². The van der Waals surface area contributed by atoms with Crippen LogP contribution in [0.3, 0.4) is 0 Å². The zero-order chi connectivity index (χ0) is 13.2. The molecule has 1 atom stereocenters. The van der Waals surface area contributed by atoms with E-state index in [0.717, 1.165) is 37.8 Å². The first-order chi connectivity index (χ1) is 9.22. The monoisotopic (exact) mass is 261 g/mol. The molecule has 2 aromatic rings. The summed E-state index contributed by atoms with van der Waals surface area (Å²) in [6, 6.07) is 0. The highest BCUT2D eigenvalue weighted by Crippen LogP contribution is 2.20. The molecule has 0 bridgehead atoms. The highest BCUT2D eigenvalue weighted by atomic mass is 16.5. The molecule has 0 unspecified atom stereocenters. The van der Waals surface area contributed by atoms with Crippen LogP contribution in [-0.2, 0) is 18.3 Å². The Morgan fingerprint density at radius 3 is 3.05 bits per heavy atom. The lowest BCUT2D eigenvalue weighted by Crippen LogP contribution is -2.38. The van der Waals surface area contributed by atoms with Crippen molar-refractivity contribution in [3.05, 3.63) is 35.9 Å². The number of hydrogen-bond acceptors (Lipinski definition) is 4. The molecular formula is C13H19N5O. The van der Waals surface area contributed by atoms with Crippen LogP contribution in [0.15, 0.2) is 18.7 Å². The van der Waals surface area contributed by atoms with Crippen molar-refractivity contribution in [2.24, 2.45) is 7.05 Å². The quantitative estimate of drug-likeness (QED) is 0.896. The minimum atomic E-state index is 0.0377. The molecule has 3 rings (SSSR count). The number of aromatic amines is 1. The second kappa shape index (κ2) is 5.14. The Labute approximate surface area is 112 Å². The normalized spacial score (nSPS) is 20.8. The van der Waals surface area contributed by atoms with E-state index in [0.29, 0.717) is 0 Å². The Hall–Kier alpha value is -1.66. The van der Waals surface area contributed by atoms with Gasteiger partial charge in [-0.05, 0) is 6.92 Å². The van der Waals surface area contributed by atoms with Gasteiger partial charge in [0.15, 0.2) is 0 Å². The van der Waals surface area contributed by atoms with E-state index in [1.165, 1.54) is 5.69 Å². The fourth-order valence-electron chi connectivity index (χ4n) is 2.37. The number of nitrogens with zero attached hydrogens (tertiary/aromatic N) is 4. The van der Waals surface area contributed by atoms with Crippen molar-refractivity contribution in [3.63, 3.8) is 0 Å². The minimum Gasteiger partial charge on any atom is -0.368 e. The molecular weight excluding hydrogens is 242 g/mol. The molecule has 6 nitrogen and oxygen atoms in total. The number of ether oxygens (including phenoxy) is 1. The Bertz CT molecular complexity index is 547. The van der Waals surface area contributed by atoms with E-state index in [9.17, 15) is 0 Å². The van der Waals surface area contributed by atoms with E-state index < -0.39 is 0 Å². The molecule has 2 aromatic heterocycles. The Balaban J connectivity index is 1.66. The molecule has 3 heterocycles. The number of aryl methyl sites for hydroxylation is 2. The second-order valence-corrected chi connectivity index (χ2v) is 5.04. The van der Waals surface area contributed by atoms with Gasteiger partial charge in [-0.3, -0.25) is 4.90 Å². The predicted molar refractivity (Wildman–Crippen MR) is 70.5 cm³/mol. The van der Waals surface area contributed by atoms with Crippen LogP contribution in [0.1, 0.15) is 23.3 Å². The van der Waals surface area contributed by atoms with Crippen molar-refractivity contribution in [2.45, 2.75) is 19.6 Å². The van der Waals surface area contributed by atoms with Gasteiger partial charge in [0.25, 0.3) is 0 Å². The van der Waals surface area contributed by atoms with Gasteiger partial charge in [0, 0.05) is 44.8 Å². The molecule has 102 valence electrons. The maximum Gasteiger partial charge on any atom is 0.136 e. The number of imidazole rings is 2. The third-order valence-electron chi connectivity index (χ3n) is 3.48. The van der Waals surface area contributed by atoms with Gasteiger partial charge in [0.2, 0.25) is 0 Å². The fraction of sp³-hybridized carbons (Fsp3) is 0.538. The number of hydrogen-bond donors (Lipinski definition) is 1. The molecule has 0 aliphatic carbocycles. The van der Waals surface area contributed by atoms with E-state index in [1.54, 1.807) is 0 Å². The SMILES string of the molecule is Cc1cnc([C@@H]2CN(Cc3cncn3C)CCO2)[nH]1. The summed E-state index contributed by atoms with van der Waals surface area (Å²) in [5.74, 6) is 0.923. The summed E-state index contributed by atoms with van der Waals surface area (Å²) in [4.78, 5) is 14.2. The molecule has 6 heteroatoms. The molecule has 1 fully saturated rings. The fourth-order valence-corrected chi connectivity index (χ4v) is 2.37. The molecule has 0 radical (unpaired) electrons. The first-order valence-corrected chi connectivity index (χ1v) is 6.53. The molecule has 1 aliphatic heterocycles. The van der Waals surface area contributed by atoms with Gasteiger partial charge in [0.05, 0.1) is 18.6 Å². The third-order valence-corrected chi connectivity index (χ3v) is 3.48. The first-order valence-electron chi connectivity index (χ1n) is 6.53. The van der Waals surface area contributed by atoms with Crippen molar-refractivity contribution in [2.75, 3.05) is 19.7 Å². The lowest BCUT2D eigenvalue weighted by molar-refractivity contribution is -0.0374. The van der Waals surface area contributed by atoms with Crippen LogP contribution >= 0.6 is 0 Å². The zero-order valence-corrected chi connectivity index (χ0v) is 11.3. The summed E-state index contributed by atoms with van der Waals surface area (Å²) in [6.07, 6.45) is 5.64. The summed E-state index contributed by atoms with van der Waals surface area (Å²) in [5, 5.41) is 0. The van der Waals surface area contributed by atoms with Gasteiger partial charge >= 0.3 is 0 Å². The smallest absolute Gasteiger partial charge is 0.136 e. The number of H-pyrrole nitrogens is 1. The molecule has 1 aliphatic rings. The molecule has 0 saturated carbocycles. The molecule has 1 saturated heterocycles. The van der Waals surface area contributed by atoms with Crippen LogP contribution < -0.4 is 0 Å². The highest BCUT2D eigenvalue weighted by Gasteiger charge is 2.24. The van der Waals surface area contributed by atoms with Gasteiger partial charge in [-0.15, -0.1) is 0 Å². The summed E-state index contributed by atoms with van der Waals surface area (Å²) >= 11 is 0. The van der Waals surface area contributed by atoms with Crippen molar-refractivity contribution < 1.29 is 4.74 Å². The van der Waals surface area contributed by atoms with Gasteiger partial charge in [0.1, 0.15) is 11.9 Å². The Morgan fingerprint density at radius 2 is 2.37 bits per heavy atom. The van der Waals surface area contributed by atoms with Crippen molar-refractivity contribution in [1.82, 2.24) is 24.4 Å². The van der Waals surface area contributed by atoms with Crippen LogP contribution in [0.25, 0.3) is 0 Å². The van der Waals surface area contributed by atoms with Gasteiger partial charge in [-0.25, -0.2) is 9.97 Å². The first kappa shape index (κ1) is 12.4. The molecule has 0 amide bonds. The lowest BCUT2D eigenvalue weighted by atomic mass is 10.2. The van der Waals surface area contributed by atoms with E-state index in [-0.39, 0.29) is 6.10 Å². The van der Waals surface area contributed by atoms with Crippen molar-refractivity contribution >= 4 is 0 Å². The van der Waals surface area contributed by atoms with Crippen molar-refractivity contribution in [1.29, 1.82) is 0 Å². The molecule has 19 heavy (non-hydrogen) atoms. The van der Waals surface area contributed by atoms with E-state index in [4.69, 9.17) is 4.74 Å². The van der Waals surface area contributed by atoms with Crippen molar-refractivity contribution in [3.8, 4) is 0 Å². The summed E-state index contributed by atoms with van der Waals surface area (Å²) in [5.41, 5.74) is 2.29. The minimum absolute atomic E-state index is 0.0377. The number of morpholine rings is 1. The number of rotatable bonds is 3. The second-order valence-electron chi connectivity index (χ2n) is 5.04. The maximum absolute atomic E-state index is 5.80. The molecule has 0 spiro atoms. The summed E-state index contributed by atoms with van der Waals surface area (Å²) < 4.78 is 7.86. The predicted octanol–water partition coefficient (Wildman–Crippen LogP) is 1.03. The summed E-state index contributed by atoms with van der Waals surface area (Å²) in [7, 11) is 2.02. The number of aromatic nitrogens is 4. The highest BCUT2D eigenvalue weighted by molar-refractivity contribution is 5.03. The van der Waals surface area contributed by atoms with Gasteiger partial charge in [-0.1, -0.05) is 0 Å². The van der Waals surface area contributed by atoms with Crippen LogP contribution in [0.2, 0.25) is 0 Å². The van der Waals surface area contributed by atoms with E-state index in [2.05, 4.69) is 24.4 Å². The van der Waals surface area contributed by atoms with Gasteiger partial charge in [-0.2, -0.15) is 0 Å². The standard InChI is InChI=1S/C13H19N5O/c1-10-5-15-13(16-10)12-8-18(3-4-19-12)7-11-6-14-9-17(11)2/h5-6,9,12H,3-4,7-8H2,1-2H3,(H,15,16)/t12-/m0/s1. The summed E-state index contributed by atoms with van der Waals surface area (Å²) in [6.45, 7) is 5.45. The molecule has 1 N–H and O–H groups in total. The van der Waals surface area contributed by atoms with E-state index in [1.807, 2.05) is 32.7 Å². The zero-order valence-electron chi connectivity index (χ0n) is 11.3. The Morgan fingerprint density at radius 1 is 1.47 bits per heavy atom. The lowest BCUT2D eigenvalue weighted by Gasteiger charge is -2.31. The van der Waals surface area contributed by atoms with Gasteiger partial charge < -0.3 is 14.3 Å². The van der Waals surface area contributed by atoms with Crippen LogP contribution in [0.4, 0.5) is 0 Å². The average molecular weight is 261 g/mol. The van der Waals surface area contributed by atoms with E-state index >= 15 is 0 Å².